The van der Waals surface area contributed by atoms with Crippen LogP contribution in [0.1, 0.15) is 57.8 Å². The first kappa shape index (κ1) is 20.6. The number of nitrogens with zero attached hydrogens (tertiary/aromatic N) is 4. The average molecular weight is 417 g/mol. The van der Waals surface area contributed by atoms with Crippen LogP contribution in [0.2, 0.25) is 0 Å². The number of hydrogen-bond donors (Lipinski definition) is 4. The summed E-state index contributed by atoms with van der Waals surface area (Å²) in [5, 5.41) is 15.7. The van der Waals surface area contributed by atoms with Gasteiger partial charge >= 0.3 is 0 Å². The fourth-order valence-corrected chi connectivity index (χ4v) is 3.92. The number of amides is 2. The Morgan fingerprint density at radius 3 is 2.70 bits per heavy atom. The van der Waals surface area contributed by atoms with Gasteiger partial charge in [0.15, 0.2) is 5.82 Å². The van der Waals surface area contributed by atoms with E-state index in [4.69, 9.17) is 0 Å². The Labute approximate surface area is 176 Å². The van der Waals surface area contributed by atoms with E-state index in [2.05, 4.69) is 31.8 Å². The number of carbonyl (C=O) groups is 2. The first-order valence-corrected chi connectivity index (χ1v) is 11.1. The molecule has 164 valence electrons. The molecule has 0 aromatic carbocycles. The monoisotopic (exact) mass is 416 g/mol. The van der Waals surface area contributed by atoms with Gasteiger partial charge in [-0.2, -0.15) is 0 Å². The quantitative estimate of drug-likeness (QED) is 0.402. The van der Waals surface area contributed by atoms with Gasteiger partial charge in [0.25, 0.3) is 5.91 Å². The SMILES string of the molecule is O=C(CC1CC1)Nc1cn(CCCCN2NC=C(C(=O)NCC3CCCC3)N2)nn1. The van der Waals surface area contributed by atoms with Crippen molar-refractivity contribution in [2.75, 3.05) is 18.4 Å². The van der Waals surface area contributed by atoms with Crippen molar-refractivity contribution < 1.29 is 9.59 Å². The predicted molar refractivity (Wildman–Crippen MR) is 111 cm³/mol. The summed E-state index contributed by atoms with van der Waals surface area (Å²) in [7, 11) is 0. The first-order chi connectivity index (χ1) is 14.7. The van der Waals surface area contributed by atoms with Gasteiger partial charge in [-0.25, -0.2) is 0 Å². The molecule has 2 aliphatic carbocycles. The lowest BCUT2D eigenvalue weighted by Crippen LogP contribution is -2.42. The third-order valence-corrected chi connectivity index (χ3v) is 5.89. The summed E-state index contributed by atoms with van der Waals surface area (Å²) in [6, 6.07) is 0. The molecule has 0 spiro atoms. The molecule has 2 amide bonds. The molecule has 10 nitrogen and oxygen atoms in total. The lowest BCUT2D eigenvalue weighted by molar-refractivity contribution is -0.118. The van der Waals surface area contributed by atoms with Crippen LogP contribution in [0.3, 0.4) is 0 Å². The van der Waals surface area contributed by atoms with Crippen LogP contribution in [0, 0.1) is 11.8 Å². The summed E-state index contributed by atoms with van der Waals surface area (Å²) in [5.41, 5.74) is 6.73. The zero-order valence-corrected chi connectivity index (χ0v) is 17.4. The Morgan fingerprint density at radius 2 is 1.90 bits per heavy atom. The lowest BCUT2D eigenvalue weighted by atomic mass is 10.1. The van der Waals surface area contributed by atoms with E-state index < -0.39 is 0 Å². The molecule has 0 saturated heterocycles. The highest BCUT2D eigenvalue weighted by Crippen LogP contribution is 2.32. The molecule has 2 fully saturated rings. The molecule has 1 aliphatic heterocycles. The summed E-state index contributed by atoms with van der Waals surface area (Å²) in [6.45, 7) is 2.23. The summed E-state index contributed by atoms with van der Waals surface area (Å²) < 4.78 is 1.75. The van der Waals surface area contributed by atoms with Crippen LogP contribution in [0.25, 0.3) is 0 Å². The molecule has 2 saturated carbocycles. The van der Waals surface area contributed by atoms with Gasteiger partial charge in [0.05, 0.1) is 6.20 Å². The molecule has 0 unspecified atom stereocenters. The van der Waals surface area contributed by atoms with E-state index in [0.29, 0.717) is 29.8 Å². The number of anilines is 1. The average Bonchev–Trinajstić information content (AvgIpc) is 3.16. The van der Waals surface area contributed by atoms with Gasteiger partial charge in [-0.1, -0.05) is 18.1 Å². The van der Waals surface area contributed by atoms with E-state index in [1.807, 2.05) is 5.12 Å². The predicted octanol–water partition coefficient (Wildman–Crippen LogP) is 1.27. The van der Waals surface area contributed by atoms with Crippen molar-refractivity contribution >= 4 is 17.6 Å². The Hall–Kier alpha value is -2.62. The van der Waals surface area contributed by atoms with Gasteiger partial charge in [0, 0.05) is 32.3 Å². The molecule has 30 heavy (non-hydrogen) atoms. The fraction of sp³-hybridized carbons (Fsp3) is 0.700. The third kappa shape index (κ3) is 6.19. The maximum atomic E-state index is 12.2. The van der Waals surface area contributed by atoms with Gasteiger partial charge in [-0.05, 0) is 50.4 Å². The van der Waals surface area contributed by atoms with Gasteiger partial charge in [-0.15, -0.1) is 10.2 Å². The first-order valence-electron chi connectivity index (χ1n) is 11.1. The van der Waals surface area contributed by atoms with E-state index in [-0.39, 0.29) is 11.8 Å². The standard InChI is InChI=1S/C20H32N8O2/c29-19(11-15-7-8-15)23-18-14-27(26-24-18)9-3-4-10-28-22-13-17(25-28)20(30)21-12-16-5-1-2-6-16/h13-16,22,25H,1-12H2,(H,21,30)(H,23,29). The zero-order chi connectivity index (χ0) is 20.8. The molecule has 0 radical (unpaired) electrons. The molecule has 1 aromatic rings. The van der Waals surface area contributed by atoms with Gasteiger partial charge in [-0.3, -0.25) is 19.7 Å². The number of hydrazine groups is 2. The second-order valence-corrected chi connectivity index (χ2v) is 8.58. The van der Waals surface area contributed by atoms with E-state index >= 15 is 0 Å². The normalized spacial score (nSPS) is 19.3. The molecule has 10 heteroatoms. The van der Waals surface area contributed by atoms with Crippen LogP contribution in [0.15, 0.2) is 18.1 Å². The van der Waals surface area contributed by atoms with E-state index in [9.17, 15) is 9.59 Å². The number of nitrogens with one attached hydrogen (secondary N) is 4. The van der Waals surface area contributed by atoms with Crippen LogP contribution in [-0.2, 0) is 16.1 Å². The minimum atomic E-state index is -0.0595. The minimum Gasteiger partial charge on any atom is -0.350 e. The number of aromatic nitrogens is 3. The highest BCUT2D eigenvalue weighted by Gasteiger charge is 2.24. The van der Waals surface area contributed by atoms with Crippen molar-refractivity contribution in [1.29, 1.82) is 0 Å². The smallest absolute Gasteiger partial charge is 0.270 e. The second-order valence-electron chi connectivity index (χ2n) is 8.58. The van der Waals surface area contributed by atoms with Crippen molar-refractivity contribution in [3.63, 3.8) is 0 Å². The van der Waals surface area contributed by atoms with Crippen LogP contribution in [-0.4, -0.2) is 45.0 Å². The van der Waals surface area contributed by atoms with Crippen molar-refractivity contribution in [3.05, 3.63) is 18.1 Å². The Morgan fingerprint density at radius 1 is 1.10 bits per heavy atom. The second kappa shape index (κ2) is 9.92. The van der Waals surface area contributed by atoms with Crippen LogP contribution in [0.4, 0.5) is 5.82 Å². The Balaban J connectivity index is 1.07. The molecule has 4 rings (SSSR count). The van der Waals surface area contributed by atoms with Crippen LogP contribution < -0.4 is 21.5 Å². The summed E-state index contributed by atoms with van der Waals surface area (Å²) in [5.74, 6) is 1.66. The van der Waals surface area contributed by atoms with Crippen molar-refractivity contribution in [2.45, 2.75) is 64.3 Å². The molecular weight excluding hydrogens is 384 g/mol. The van der Waals surface area contributed by atoms with Crippen molar-refractivity contribution in [1.82, 2.24) is 36.3 Å². The van der Waals surface area contributed by atoms with Crippen LogP contribution >= 0.6 is 0 Å². The molecule has 2 heterocycles. The highest BCUT2D eigenvalue weighted by atomic mass is 16.2. The molecule has 1 aromatic heterocycles. The zero-order valence-electron chi connectivity index (χ0n) is 17.4. The number of aryl methyl sites for hydroxylation is 1. The summed E-state index contributed by atoms with van der Waals surface area (Å²) in [6.07, 6.45) is 13.2. The Bertz CT molecular complexity index is 767. The van der Waals surface area contributed by atoms with E-state index in [1.165, 1.54) is 25.7 Å². The largest absolute Gasteiger partial charge is 0.350 e. The van der Waals surface area contributed by atoms with Crippen molar-refractivity contribution in [2.24, 2.45) is 11.8 Å². The topological polar surface area (TPSA) is 116 Å². The molecule has 0 atom stereocenters. The van der Waals surface area contributed by atoms with Gasteiger partial charge in [0.1, 0.15) is 5.70 Å². The number of carbonyl (C=O) groups excluding carboxylic acids is 2. The third-order valence-electron chi connectivity index (χ3n) is 5.89. The minimum absolute atomic E-state index is 0.0197. The Kier molecular flexibility index (Phi) is 6.83. The summed E-state index contributed by atoms with van der Waals surface area (Å²) in [4.78, 5) is 24.1. The van der Waals surface area contributed by atoms with Gasteiger partial charge in [0.2, 0.25) is 5.91 Å². The number of hydrogen-bond acceptors (Lipinski definition) is 7. The summed E-state index contributed by atoms with van der Waals surface area (Å²) >= 11 is 0. The molecular formula is C20H32N8O2. The van der Waals surface area contributed by atoms with Crippen LogP contribution in [0.5, 0.6) is 0 Å². The van der Waals surface area contributed by atoms with Gasteiger partial charge < -0.3 is 16.1 Å². The maximum absolute atomic E-state index is 12.2. The molecule has 0 bridgehead atoms. The van der Waals surface area contributed by atoms with Crippen molar-refractivity contribution in [3.8, 4) is 0 Å². The fourth-order valence-electron chi connectivity index (χ4n) is 3.92. The van der Waals surface area contributed by atoms with E-state index in [0.717, 1.165) is 45.3 Å². The number of rotatable bonds is 11. The molecule has 4 N–H and O–H groups in total. The maximum Gasteiger partial charge on any atom is 0.270 e. The van der Waals surface area contributed by atoms with E-state index in [1.54, 1.807) is 17.1 Å². The number of unbranched alkanes of at least 4 members (excludes halogenated alkanes) is 1. The molecule has 3 aliphatic rings. The highest BCUT2D eigenvalue weighted by molar-refractivity contribution is 5.92. The lowest BCUT2D eigenvalue weighted by Gasteiger charge is -2.17.